The summed E-state index contributed by atoms with van der Waals surface area (Å²) in [5, 5.41) is 7.34. The zero-order chi connectivity index (χ0) is 15.7. The molecule has 0 fully saturated rings. The third-order valence-electron chi connectivity index (χ3n) is 2.94. The van der Waals surface area contributed by atoms with Gasteiger partial charge in [0.2, 0.25) is 10.0 Å². The Morgan fingerprint density at radius 2 is 2.05 bits per heavy atom. The quantitative estimate of drug-likeness (QED) is 0.567. The Kier molecular flexibility index (Phi) is 7.87. The van der Waals surface area contributed by atoms with Crippen molar-refractivity contribution in [1.29, 1.82) is 0 Å². The van der Waals surface area contributed by atoms with Crippen molar-refractivity contribution in [1.82, 2.24) is 24.7 Å². The number of sulfonamides is 1. The molecule has 8 heteroatoms. The normalized spacial score (nSPS) is 12.2. The maximum Gasteiger partial charge on any atom is 0.243 e. The number of aromatic nitrogens is 2. The minimum Gasteiger partial charge on any atom is -0.315 e. The Balaban J connectivity index is 2.42. The Hall–Kier alpha value is -0.960. The zero-order valence-corrected chi connectivity index (χ0v) is 14.0. The third-order valence-corrected chi connectivity index (χ3v) is 4.35. The van der Waals surface area contributed by atoms with Crippen LogP contribution in [-0.2, 0) is 16.6 Å². The minimum absolute atomic E-state index is 0.225. The largest absolute Gasteiger partial charge is 0.315 e. The molecule has 0 radical (unpaired) electrons. The molecule has 0 saturated carbocycles. The number of nitrogens with one attached hydrogen (secondary N) is 2. The molecular formula is C13H27N5O2S. The first kappa shape index (κ1) is 18.1. The van der Waals surface area contributed by atoms with Crippen LogP contribution in [0, 0.1) is 0 Å². The Bertz CT molecular complexity index is 498. The molecule has 1 heterocycles. The molecule has 0 bridgehead atoms. The molecule has 0 aromatic carbocycles. The molecule has 2 N–H and O–H groups in total. The highest BCUT2D eigenvalue weighted by Gasteiger charge is 2.15. The first-order valence-corrected chi connectivity index (χ1v) is 8.81. The summed E-state index contributed by atoms with van der Waals surface area (Å²) < 4.78 is 28.4. The molecule has 1 aromatic rings. The van der Waals surface area contributed by atoms with Crippen LogP contribution in [0.1, 0.15) is 19.8 Å². The summed E-state index contributed by atoms with van der Waals surface area (Å²) in [5.41, 5.74) is 0. The highest BCUT2D eigenvalue weighted by molar-refractivity contribution is 7.89. The fourth-order valence-electron chi connectivity index (χ4n) is 1.79. The highest BCUT2D eigenvalue weighted by atomic mass is 32.2. The van der Waals surface area contributed by atoms with E-state index in [4.69, 9.17) is 0 Å². The van der Waals surface area contributed by atoms with Gasteiger partial charge in [-0.2, -0.15) is 5.10 Å². The Labute approximate surface area is 127 Å². The van der Waals surface area contributed by atoms with Gasteiger partial charge in [0.15, 0.2) is 0 Å². The van der Waals surface area contributed by atoms with Crippen LogP contribution in [0.2, 0.25) is 0 Å². The summed E-state index contributed by atoms with van der Waals surface area (Å²) in [6.07, 6.45) is 4.83. The summed E-state index contributed by atoms with van der Waals surface area (Å²) in [6.45, 7) is 5.80. The van der Waals surface area contributed by atoms with Crippen molar-refractivity contribution in [3.63, 3.8) is 0 Å². The van der Waals surface area contributed by atoms with Crippen LogP contribution in [0.3, 0.4) is 0 Å². The lowest BCUT2D eigenvalue weighted by atomic mass is 10.4. The van der Waals surface area contributed by atoms with Gasteiger partial charge in [0.25, 0.3) is 0 Å². The topological polar surface area (TPSA) is 79.3 Å². The lowest BCUT2D eigenvalue weighted by Gasteiger charge is -2.09. The monoisotopic (exact) mass is 317 g/mol. The molecule has 1 rings (SSSR count). The first-order chi connectivity index (χ1) is 9.95. The lowest BCUT2D eigenvalue weighted by molar-refractivity contribution is 0.400. The van der Waals surface area contributed by atoms with Crippen molar-refractivity contribution < 1.29 is 8.42 Å². The Morgan fingerprint density at radius 3 is 2.71 bits per heavy atom. The summed E-state index contributed by atoms with van der Waals surface area (Å²) in [4.78, 5) is 2.25. The van der Waals surface area contributed by atoms with Crippen LogP contribution >= 0.6 is 0 Å². The van der Waals surface area contributed by atoms with E-state index in [2.05, 4.69) is 22.1 Å². The van der Waals surface area contributed by atoms with Gasteiger partial charge in [-0.05, 0) is 40.0 Å². The maximum atomic E-state index is 12.1. The van der Waals surface area contributed by atoms with E-state index < -0.39 is 10.0 Å². The van der Waals surface area contributed by atoms with Gasteiger partial charge in [0.1, 0.15) is 4.90 Å². The van der Waals surface area contributed by atoms with E-state index in [1.54, 1.807) is 10.9 Å². The van der Waals surface area contributed by atoms with Crippen LogP contribution in [0.4, 0.5) is 0 Å². The summed E-state index contributed by atoms with van der Waals surface area (Å²) in [5.74, 6) is 0. The fourth-order valence-corrected chi connectivity index (χ4v) is 2.81. The SMILES string of the molecule is CCCNCCn1cc(S(=O)(=O)NCCCN(C)C)cn1. The second-order valence-electron chi connectivity index (χ2n) is 5.24. The van der Waals surface area contributed by atoms with Crippen molar-refractivity contribution >= 4 is 10.0 Å². The predicted molar refractivity (Wildman–Crippen MR) is 83.7 cm³/mol. The molecule has 21 heavy (non-hydrogen) atoms. The van der Waals surface area contributed by atoms with Gasteiger partial charge < -0.3 is 10.2 Å². The molecule has 0 aliphatic heterocycles. The molecule has 0 aliphatic rings. The van der Waals surface area contributed by atoms with Crippen molar-refractivity contribution in [2.75, 3.05) is 40.3 Å². The van der Waals surface area contributed by atoms with E-state index in [0.717, 1.165) is 32.5 Å². The van der Waals surface area contributed by atoms with E-state index in [-0.39, 0.29) is 4.90 Å². The van der Waals surface area contributed by atoms with Gasteiger partial charge in [-0.3, -0.25) is 4.68 Å². The van der Waals surface area contributed by atoms with E-state index in [9.17, 15) is 8.42 Å². The van der Waals surface area contributed by atoms with Gasteiger partial charge in [-0.25, -0.2) is 13.1 Å². The number of rotatable bonds is 11. The van der Waals surface area contributed by atoms with Crippen molar-refractivity contribution in [2.45, 2.75) is 31.2 Å². The second-order valence-corrected chi connectivity index (χ2v) is 7.01. The van der Waals surface area contributed by atoms with Gasteiger partial charge in [0, 0.05) is 19.3 Å². The van der Waals surface area contributed by atoms with Crippen molar-refractivity contribution in [3.8, 4) is 0 Å². The van der Waals surface area contributed by atoms with Crippen molar-refractivity contribution in [2.24, 2.45) is 0 Å². The van der Waals surface area contributed by atoms with Crippen LogP contribution in [0.25, 0.3) is 0 Å². The van der Waals surface area contributed by atoms with Crippen LogP contribution in [0.15, 0.2) is 17.3 Å². The zero-order valence-electron chi connectivity index (χ0n) is 13.2. The molecular weight excluding hydrogens is 290 g/mol. The van der Waals surface area contributed by atoms with Gasteiger partial charge in [-0.15, -0.1) is 0 Å². The fraction of sp³-hybridized carbons (Fsp3) is 0.769. The average molecular weight is 317 g/mol. The van der Waals surface area contributed by atoms with Crippen LogP contribution in [0.5, 0.6) is 0 Å². The van der Waals surface area contributed by atoms with E-state index in [1.807, 2.05) is 19.0 Å². The average Bonchev–Trinajstić information content (AvgIpc) is 2.89. The molecule has 122 valence electrons. The number of hydrogen-bond donors (Lipinski definition) is 2. The van der Waals surface area contributed by atoms with Gasteiger partial charge in [0.05, 0.1) is 12.7 Å². The molecule has 0 aliphatic carbocycles. The molecule has 1 aromatic heterocycles. The number of nitrogens with zero attached hydrogens (tertiary/aromatic N) is 3. The summed E-state index contributed by atoms with van der Waals surface area (Å²) in [6, 6.07) is 0. The highest BCUT2D eigenvalue weighted by Crippen LogP contribution is 2.06. The second kappa shape index (κ2) is 9.14. The molecule has 0 saturated heterocycles. The first-order valence-electron chi connectivity index (χ1n) is 7.33. The third kappa shape index (κ3) is 7.03. The molecule has 7 nitrogen and oxygen atoms in total. The standard InChI is InChI=1S/C13H27N5O2S/c1-4-6-14-8-10-18-12-13(11-15-18)21(19,20)16-7-5-9-17(2)3/h11-12,14,16H,4-10H2,1-3H3. The van der Waals surface area contributed by atoms with E-state index in [0.29, 0.717) is 13.1 Å². The van der Waals surface area contributed by atoms with Gasteiger partial charge >= 0.3 is 0 Å². The van der Waals surface area contributed by atoms with Crippen molar-refractivity contribution in [3.05, 3.63) is 12.4 Å². The van der Waals surface area contributed by atoms with Gasteiger partial charge in [-0.1, -0.05) is 6.92 Å². The minimum atomic E-state index is -3.44. The Morgan fingerprint density at radius 1 is 1.29 bits per heavy atom. The summed E-state index contributed by atoms with van der Waals surface area (Å²) in [7, 11) is 0.482. The van der Waals surface area contributed by atoms with E-state index >= 15 is 0 Å². The van der Waals surface area contributed by atoms with E-state index in [1.165, 1.54) is 6.20 Å². The maximum absolute atomic E-state index is 12.1. The van der Waals surface area contributed by atoms with Crippen LogP contribution < -0.4 is 10.0 Å². The molecule has 0 spiro atoms. The molecule has 0 amide bonds. The van der Waals surface area contributed by atoms with Crippen LogP contribution in [-0.4, -0.2) is 63.4 Å². The predicted octanol–water partition coefficient (Wildman–Crippen LogP) is 0.113. The smallest absolute Gasteiger partial charge is 0.243 e. The number of hydrogen-bond acceptors (Lipinski definition) is 5. The lowest BCUT2D eigenvalue weighted by Crippen LogP contribution is -2.27. The molecule has 0 unspecified atom stereocenters. The molecule has 0 atom stereocenters. The summed E-state index contributed by atoms with van der Waals surface area (Å²) >= 11 is 0.